The molecule has 1 aromatic rings. The molecule has 1 aliphatic heterocycles. The number of fused-ring (bicyclic) bond motifs is 1. The fraction of sp³-hybridized carbons (Fsp3) is 0.500. The zero-order valence-electron chi connectivity index (χ0n) is 5.18. The van der Waals surface area contributed by atoms with Crippen LogP contribution in [0.3, 0.4) is 0 Å². The number of aryl methyl sites for hydroxylation is 1. The van der Waals surface area contributed by atoms with E-state index in [2.05, 4.69) is 4.98 Å². The molecule has 0 saturated heterocycles. The van der Waals surface area contributed by atoms with Gasteiger partial charge in [-0.05, 0) is 6.92 Å². The highest BCUT2D eigenvalue weighted by Gasteiger charge is 2.15. The molecule has 2 rings (SSSR count). The molecular weight excluding hydrogens is 134 g/mol. The second kappa shape index (κ2) is 1.70. The molecule has 0 amide bonds. The molecule has 2 nitrogen and oxygen atoms in total. The summed E-state index contributed by atoms with van der Waals surface area (Å²) in [7, 11) is 0. The summed E-state index contributed by atoms with van der Waals surface area (Å²) in [4.78, 5) is 4.28. The highest BCUT2D eigenvalue weighted by molar-refractivity contribution is 7.13. The topological polar surface area (TPSA) is 22.1 Å². The van der Waals surface area contributed by atoms with Crippen molar-refractivity contribution in [1.82, 2.24) is 4.98 Å². The summed E-state index contributed by atoms with van der Waals surface area (Å²) in [5, 5.41) is 2.15. The first-order chi connectivity index (χ1) is 4.36. The number of thiazole rings is 1. The Morgan fingerprint density at radius 2 is 2.56 bits per heavy atom. The van der Waals surface area contributed by atoms with Gasteiger partial charge in [0.05, 0.1) is 17.3 Å². The second-order valence-corrected chi connectivity index (χ2v) is 3.23. The van der Waals surface area contributed by atoms with Crippen LogP contribution >= 0.6 is 11.3 Å². The third-order valence-corrected chi connectivity index (χ3v) is 2.27. The van der Waals surface area contributed by atoms with Gasteiger partial charge in [-0.2, -0.15) is 0 Å². The minimum atomic E-state index is 0.828. The van der Waals surface area contributed by atoms with Crippen LogP contribution in [-0.2, 0) is 6.42 Å². The van der Waals surface area contributed by atoms with Crippen LogP contribution in [0.5, 0.6) is 5.06 Å². The van der Waals surface area contributed by atoms with Crippen molar-refractivity contribution in [3.63, 3.8) is 0 Å². The lowest BCUT2D eigenvalue weighted by Crippen LogP contribution is -1.87. The lowest BCUT2D eigenvalue weighted by atomic mass is 10.4. The molecule has 0 N–H and O–H groups in total. The Labute approximate surface area is 57.5 Å². The van der Waals surface area contributed by atoms with E-state index >= 15 is 0 Å². The van der Waals surface area contributed by atoms with E-state index in [0.29, 0.717) is 0 Å². The lowest BCUT2D eigenvalue weighted by Gasteiger charge is -1.86. The van der Waals surface area contributed by atoms with E-state index in [0.717, 1.165) is 28.8 Å². The molecule has 0 aliphatic carbocycles. The Kier molecular flexibility index (Phi) is 0.990. The van der Waals surface area contributed by atoms with Gasteiger partial charge in [0, 0.05) is 6.42 Å². The molecule has 0 bridgehead atoms. The molecule has 48 valence electrons. The zero-order valence-corrected chi connectivity index (χ0v) is 5.99. The van der Waals surface area contributed by atoms with Crippen LogP contribution in [-0.4, -0.2) is 11.6 Å². The maximum Gasteiger partial charge on any atom is 0.197 e. The maximum absolute atomic E-state index is 5.28. The normalized spacial score (nSPS) is 15.2. The van der Waals surface area contributed by atoms with Gasteiger partial charge in [0.2, 0.25) is 0 Å². The molecule has 1 aromatic heterocycles. The Morgan fingerprint density at radius 3 is 3.33 bits per heavy atom. The minimum Gasteiger partial charge on any atom is -0.482 e. The Morgan fingerprint density at radius 1 is 1.67 bits per heavy atom. The summed E-state index contributed by atoms with van der Waals surface area (Å²) in [5.74, 6) is 0. The van der Waals surface area contributed by atoms with E-state index in [-0.39, 0.29) is 0 Å². The van der Waals surface area contributed by atoms with Crippen molar-refractivity contribution in [2.24, 2.45) is 0 Å². The largest absolute Gasteiger partial charge is 0.482 e. The molecule has 1 aliphatic rings. The van der Waals surface area contributed by atoms with Gasteiger partial charge in [0.1, 0.15) is 0 Å². The molecule has 0 spiro atoms. The number of hydrogen-bond acceptors (Lipinski definition) is 3. The van der Waals surface area contributed by atoms with Crippen LogP contribution in [0.15, 0.2) is 0 Å². The van der Waals surface area contributed by atoms with Gasteiger partial charge in [0.15, 0.2) is 5.06 Å². The Balaban J connectivity index is 2.51. The average Bonchev–Trinajstić information content (AvgIpc) is 2.22. The number of nitrogens with zero attached hydrogens (tertiary/aromatic N) is 1. The van der Waals surface area contributed by atoms with Crippen molar-refractivity contribution in [3.05, 3.63) is 10.7 Å². The van der Waals surface area contributed by atoms with E-state index in [1.54, 1.807) is 11.3 Å². The third-order valence-electron chi connectivity index (χ3n) is 1.34. The number of ether oxygens (including phenoxy) is 1. The van der Waals surface area contributed by atoms with E-state index in [4.69, 9.17) is 4.74 Å². The third kappa shape index (κ3) is 0.721. The van der Waals surface area contributed by atoms with Crippen molar-refractivity contribution in [3.8, 4) is 5.06 Å². The summed E-state index contributed by atoms with van der Waals surface area (Å²) in [6.07, 6.45) is 1.000. The van der Waals surface area contributed by atoms with Gasteiger partial charge < -0.3 is 4.74 Å². The van der Waals surface area contributed by atoms with Gasteiger partial charge >= 0.3 is 0 Å². The molecule has 2 heterocycles. The summed E-state index contributed by atoms with van der Waals surface area (Å²) in [6.45, 7) is 2.83. The molecular formula is C6H7NOS. The first-order valence-electron chi connectivity index (χ1n) is 2.95. The van der Waals surface area contributed by atoms with E-state index < -0.39 is 0 Å². The minimum absolute atomic E-state index is 0.828. The monoisotopic (exact) mass is 141 g/mol. The van der Waals surface area contributed by atoms with Crippen molar-refractivity contribution in [2.45, 2.75) is 13.3 Å². The quantitative estimate of drug-likeness (QED) is 0.544. The molecule has 9 heavy (non-hydrogen) atoms. The van der Waals surface area contributed by atoms with Crippen molar-refractivity contribution >= 4 is 11.3 Å². The van der Waals surface area contributed by atoms with Gasteiger partial charge in [-0.1, -0.05) is 11.3 Å². The van der Waals surface area contributed by atoms with Crippen LogP contribution in [0.25, 0.3) is 0 Å². The molecule has 0 unspecified atom stereocenters. The summed E-state index contributed by atoms with van der Waals surface area (Å²) in [6, 6.07) is 0. The zero-order chi connectivity index (χ0) is 6.27. The SMILES string of the molecule is Cc1nc2c(s1)OCC2. The average molecular weight is 141 g/mol. The van der Waals surface area contributed by atoms with E-state index in [9.17, 15) is 0 Å². The molecule has 3 heteroatoms. The Hall–Kier alpha value is -0.570. The van der Waals surface area contributed by atoms with E-state index in [1.165, 1.54) is 0 Å². The van der Waals surface area contributed by atoms with Crippen molar-refractivity contribution < 1.29 is 4.74 Å². The number of hydrogen-bond donors (Lipinski definition) is 0. The predicted octanol–water partition coefficient (Wildman–Crippen LogP) is 1.39. The van der Waals surface area contributed by atoms with Gasteiger partial charge in [-0.3, -0.25) is 0 Å². The molecule has 0 fully saturated rings. The first kappa shape index (κ1) is 5.23. The number of aromatic nitrogens is 1. The Bertz CT molecular complexity index is 209. The maximum atomic E-state index is 5.28. The highest BCUT2D eigenvalue weighted by atomic mass is 32.1. The van der Waals surface area contributed by atoms with Crippen LogP contribution in [0.2, 0.25) is 0 Å². The van der Waals surface area contributed by atoms with Crippen molar-refractivity contribution in [1.29, 1.82) is 0 Å². The van der Waals surface area contributed by atoms with Crippen LogP contribution in [0.1, 0.15) is 10.7 Å². The predicted molar refractivity (Wildman–Crippen MR) is 36.1 cm³/mol. The van der Waals surface area contributed by atoms with Crippen LogP contribution < -0.4 is 4.74 Å². The standard InChI is InChI=1S/C6H7NOS/c1-4-7-5-2-3-8-6(5)9-4/h2-3H2,1H3. The van der Waals surface area contributed by atoms with Crippen LogP contribution in [0, 0.1) is 6.92 Å². The summed E-state index contributed by atoms with van der Waals surface area (Å²) < 4.78 is 5.28. The molecule has 0 atom stereocenters. The van der Waals surface area contributed by atoms with Gasteiger partial charge in [-0.25, -0.2) is 4.98 Å². The number of rotatable bonds is 0. The first-order valence-corrected chi connectivity index (χ1v) is 3.77. The molecule has 0 radical (unpaired) electrons. The van der Waals surface area contributed by atoms with E-state index in [1.807, 2.05) is 6.92 Å². The van der Waals surface area contributed by atoms with Gasteiger partial charge in [0.25, 0.3) is 0 Å². The fourth-order valence-corrected chi connectivity index (χ4v) is 1.79. The summed E-state index contributed by atoms with van der Waals surface area (Å²) >= 11 is 1.64. The van der Waals surface area contributed by atoms with Crippen LogP contribution in [0.4, 0.5) is 0 Å². The lowest BCUT2D eigenvalue weighted by molar-refractivity contribution is 0.365. The summed E-state index contributed by atoms with van der Waals surface area (Å²) in [5.41, 5.74) is 1.15. The fourth-order valence-electron chi connectivity index (χ4n) is 0.963. The smallest absolute Gasteiger partial charge is 0.197 e. The van der Waals surface area contributed by atoms with Crippen molar-refractivity contribution in [2.75, 3.05) is 6.61 Å². The van der Waals surface area contributed by atoms with Gasteiger partial charge in [-0.15, -0.1) is 0 Å². The highest BCUT2D eigenvalue weighted by Crippen LogP contribution is 2.30. The molecule has 0 aromatic carbocycles. The molecule has 0 saturated carbocycles. The second-order valence-electron chi connectivity index (χ2n) is 2.07.